The van der Waals surface area contributed by atoms with E-state index in [1.54, 1.807) is 22.8 Å². The van der Waals surface area contributed by atoms with Crippen LogP contribution in [0.4, 0.5) is 10.6 Å². The number of aromatic nitrogens is 4. The van der Waals surface area contributed by atoms with E-state index in [1.807, 2.05) is 19.3 Å². The number of rotatable bonds is 3. The molecule has 8 nitrogen and oxygen atoms in total. The van der Waals surface area contributed by atoms with Gasteiger partial charge in [-0.2, -0.15) is 0 Å². The lowest BCUT2D eigenvalue weighted by molar-refractivity contribution is 0.124. The molecule has 0 radical (unpaired) electrons. The lowest BCUT2D eigenvalue weighted by Gasteiger charge is -2.41. The van der Waals surface area contributed by atoms with Crippen molar-refractivity contribution in [1.29, 1.82) is 0 Å². The van der Waals surface area contributed by atoms with E-state index in [1.165, 1.54) is 11.3 Å². The minimum Gasteiger partial charge on any atom is -0.381 e. The molecule has 3 aromatic heterocycles. The number of hydrogen-bond acceptors (Lipinski definition) is 7. The number of carbonyl (C=O) groups excluding carboxylic acids is 1. The highest BCUT2D eigenvalue weighted by Gasteiger charge is 2.33. The van der Waals surface area contributed by atoms with Crippen molar-refractivity contribution < 1.29 is 9.53 Å². The Hall–Kier alpha value is -2.68. The van der Waals surface area contributed by atoms with Gasteiger partial charge in [0.15, 0.2) is 0 Å². The van der Waals surface area contributed by atoms with Crippen LogP contribution in [0.1, 0.15) is 13.3 Å². The van der Waals surface area contributed by atoms with Crippen LogP contribution in [0, 0.1) is 5.92 Å². The second-order valence-corrected chi connectivity index (χ2v) is 7.35. The van der Waals surface area contributed by atoms with Gasteiger partial charge < -0.3 is 19.5 Å². The van der Waals surface area contributed by atoms with Crippen molar-refractivity contribution >= 4 is 34.3 Å². The van der Waals surface area contributed by atoms with Gasteiger partial charge >= 0.3 is 6.09 Å². The minimum absolute atomic E-state index is 0.139. The quantitative estimate of drug-likeness (QED) is 0.761. The summed E-state index contributed by atoms with van der Waals surface area (Å²) in [6.45, 7) is 3.47. The van der Waals surface area contributed by atoms with Crippen LogP contribution in [-0.4, -0.2) is 57.1 Å². The van der Waals surface area contributed by atoms with Crippen LogP contribution in [0.2, 0.25) is 0 Å². The third-order valence-corrected chi connectivity index (χ3v) is 5.57. The van der Waals surface area contributed by atoms with Crippen molar-refractivity contribution in [2.24, 2.45) is 5.92 Å². The van der Waals surface area contributed by atoms with Crippen molar-refractivity contribution in [3.05, 3.63) is 30.2 Å². The third kappa shape index (κ3) is 3.10. The number of H-pyrrole nitrogens is 1. The fourth-order valence-corrected chi connectivity index (χ4v) is 3.89. The Morgan fingerprint density at radius 3 is 3.12 bits per heavy atom. The molecule has 2 atom stereocenters. The van der Waals surface area contributed by atoms with Crippen molar-refractivity contribution in [3.8, 4) is 5.19 Å². The van der Waals surface area contributed by atoms with Gasteiger partial charge in [-0.25, -0.2) is 19.7 Å². The Kier molecular flexibility index (Phi) is 4.46. The van der Waals surface area contributed by atoms with E-state index in [0.717, 1.165) is 23.3 Å². The van der Waals surface area contributed by atoms with Gasteiger partial charge in [0.05, 0.1) is 11.4 Å². The molecule has 0 aliphatic carbocycles. The summed E-state index contributed by atoms with van der Waals surface area (Å²) in [6, 6.07) is 2.11. The average Bonchev–Trinajstić information content (AvgIpc) is 3.32. The summed E-state index contributed by atoms with van der Waals surface area (Å²) in [5.41, 5.74) is 0.811. The van der Waals surface area contributed by atoms with Crippen LogP contribution in [0.25, 0.3) is 11.0 Å². The summed E-state index contributed by atoms with van der Waals surface area (Å²) in [5, 5.41) is 3.14. The molecule has 4 rings (SSSR count). The Balaban J connectivity index is 1.53. The van der Waals surface area contributed by atoms with Crippen LogP contribution in [0.3, 0.4) is 0 Å². The van der Waals surface area contributed by atoms with Gasteiger partial charge in [0.25, 0.3) is 5.19 Å². The number of nitrogens with zero attached hydrogens (tertiary/aromatic N) is 5. The third-order valence-electron chi connectivity index (χ3n) is 4.93. The first-order valence-electron chi connectivity index (χ1n) is 8.50. The van der Waals surface area contributed by atoms with Crippen molar-refractivity contribution in [3.63, 3.8) is 0 Å². The van der Waals surface area contributed by atoms with Gasteiger partial charge in [0, 0.05) is 37.9 Å². The number of fused-ring (bicyclic) bond motifs is 1. The van der Waals surface area contributed by atoms with E-state index in [9.17, 15) is 4.79 Å². The fourth-order valence-electron chi connectivity index (χ4n) is 3.42. The molecule has 1 aliphatic heterocycles. The largest absolute Gasteiger partial charge is 0.417 e. The zero-order chi connectivity index (χ0) is 18.1. The van der Waals surface area contributed by atoms with Crippen LogP contribution in [0.5, 0.6) is 5.19 Å². The molecule has 2 unspecified atom stereocenters. The number of likely N-dealkylation sites (tertiary alicyclic amines) is 1. The zero-order valence-corrected chi connectivity index (χ0v) is 15.4. The minimum atomic E-state index is -0.347. The van der Waals surface area contributed by atoms with Gasteiger partial charge in [0.1, 0.15) is 17.8 Å². The second-order valence-electron chi connectivity index (χ2n) is 6.49. The molecule has 1 aliphatic rings. The molecule has 1 N–H and O–H groups in total. The van der Waals surface area contributed by atoms with Crippen molar-refractivity contribution in [1.82, 2.24) is 24.8 Å². The number of hydrogen-bond donors (Lipinski definition) is 1. The number of piperidine rings is 1. The number of ether oxygens (including phenoxy) is 1. The molecule has 26 heavy (non-hydrogen) atoms. The highest BCUT2D eigenvalue weighted by Crippen LogP contribution is 2.29. The SMILES string of the molecule is CC1CCN(C(=O)Oc2nccs2)CC1N(C)c1ncnc2[nH]ccc12. The average molecular weight is 372 g/mol. The molecule has 1 fully saturated rings. The first-order chi connectivity index (χ1) is 12.6. The standard InChI is InChI=1S/C17H20N6O2S/c1-11-4-7-23(17(24)25-16-19-6-8-26-16)9-13(11)22(2)15-12-3-5-18-14(12)20-10-21-15/h3,5-6,8,10-11,13H,4,7,9H2,1-2H3,(H,18,20,21). The normalized spacial score (nSPS) is 20.3. The molecule has 1 amide bonds. The van der Waals surface area contributed by atoms with E-state index in [2.05, 4.69) is 31.8 Å². The lowest BCUT2D eigenvalue weighted by Crippen LogP contribution is -2.53. The number of anilines is 1. The van der Waals surface area contributed by atoms with Crippen LogP contribution < -0.4 is 9.64 Å². The van der Waals surface area contributed by atoms with Crippen LogP contribution >= 0.6 is 11.3 Å². The predicted octanol–water partition coefficient (Wildman–Crippen LogP) is 2.76. The maximum atomic E-state index is 12.5. The molecular weight excluding hydrogens is 352 g/mol. The molecule has 0 spiro atoms. The predicted molar refractivity (Wildman–Crippen MR) is 99.6 cm³/mol. The maximum absolute atomic E-state index is 12.5. The first-order valence-corrected chi connectivity index (χ1v) is 9.38. The summed E-state index contributed by atoms with van der Waals surface area (Å²) in [7, 11) is 2.02. The second kappa shape index (κ2) is 6.91. The summed E-state index contributed by atoms with van der Waals surface area (Å²) < 4.78 is 5.37. The van der Waals surface area contributed by atoms with Gasteiger partial charge in [-0.1, -0.05) is 18.3 Å². The number of thiazole rings is 1. The van der Waals surface area contributed by atoms with Crippen molar-refractivity contribution in [2.75, 3.05) is 25.0 Å². The summed E-state index contributed by atoms with van der Waals surface area (Å²) in [6.07, 6.45) is 5.60. The molecule has 3 aromatic rings. The molecule has 0 saturated carbocycles. The van der Waals surface area contributed by atoms with E-state index >= 15 is 0 Å². The van der Waals surface area contributed by atoms with Crippen molar-refractivity contribution in [2.45, 2.75) is 19.4 Å². The molecule has 1 saturated heterocycles. The Labute approximate surface area is 154 Å². The molecule has 0 bridgehead atoms. The highest BCUT2D eigenvalue weighted by molar-refractivity contribution is 7.11. The molecule has 9 heteroatoms. The van der Waals surface area contributed by atoms with E-state index in [-0.39, 0.29) is 12.1 Å². The van der Waals surface area contributed by atoms with Gasteiger partial charge in [-0.15, -0.1) is 0 Å². The molecule has 136 valence electrons. The van der Waals surface area contributed by atoms with E-state index in [4.69, 9.17) is 4.74 Å². The lowest BCUT2D eigenvalue weighted by atomic mass is 9.92. The summed E-state index contributed by atoms with van der Waals surface area (Å²) in [5.74, 6) is 1.29. The number of aromatic amines is 1. The Bertz CT molecular complexity index is 896. The van der Waals surface area contributed by atoms with Gasteiger partial charge in [0.2, 0.25) is 0 Å². The Morgan fingerprint density at radius 2 is 2.31 bits per heavy atom. The van der Waals surface area contributed by atoms with Crippen LogP contribution in [-0.2, 0) is 0 Å². The molecule has 4 heterocycles. The number of likely N-dealkylation sites (N-methyl/N-ethyl adjacent to an activating group) is 1. The summed E-state index contributed by atoms with van der Waals surface area (Å²) in [4.78, 5) is 32.2. The van der Waals surface area contributed by atoms with Gasteiger partial charge in [-0.3, -0.25) is 0 Å². The molecular formula is C17H20N6O2S. The molecule has 0 aromatic carbocycles. The smallest absolute Gasteiger partial charge is 0.381 e. The first kappa shape index (κ1) is 16.8. The monoisotopic (exact) mass is 372 g/mol. The zero-order valence-electron chi connectivity index (χ0n) is 14.6. The van der Waals surface area contributed by atoms with E-state index < -0.39 is 0 Å². The topological polar surface area (TPSA) is 87.2 Å². The number of amides is 1. The fraction of sp³-hybridized carbons (Fsp3) is 0.412. The van der Waals surface area contributed by atoms with E-state index in [0.29, 0.717) is 24.2 Å². The summed E-state index contributed by atoms with van der Waals surface area (Å²) >= 11 is 1.31. The number of carbonyl (C=O) groups is 1. The number of nitrogens with one attached hydrogen (secondary N) is 1. The van der Waals surface area contributed by atoms with Gasteiger partial charge in [-0.05, 0) is 18.4 Å². The maximum Gasteiger partial charge on any atom is 0.417 e. The van der Waals surface area contributed by atoms with Crippen LogP contribution in [0.15, 0.2) is 30.2 Å². The highest BCUT2D eigenvalue weighted by atomic mass is 32.1. The Morgan fingerprint density at radius 1 is 1.42 bits per heavy atom.